The van der Waals surface area contributed by atoms with Crippen molar-refractivity contribution in [3.63, 3.8) is 0 Å². The summed E-state index contributed by atoms with van der Waals surface area (Å²) in [5, 5.41) is 28.2. The summed E-state index contributed by atoms with van der Waals surface area (Å²) < 4.78 is 6.66. The van der Waals surface area contributed by atoms with E-state index in [-0.39, 0.29) is 19.6 Å². The Morgan fingerprint density at radius 2 is 0.814 bits per heavy atom. The van der Waals surface area contributed by atoms with Gasteiger partial charge in [0.05, 0.1) is 39.5 Å². The van der Waals surface area contributed by atoms with Gasteiger partial charge in [-0.25, -0.2) is 0 Å². The van der Waals surface area contributed by atoms with Gasteiger partial charge in [-0.3, -0.25) is 0 Å². The molecule has 43 heavy (non-hydrogen) atoms. The van der Waals surface area contributed by atoms with Gasteiger partial charge in [0.2, 0.25) is 0 Å². The number of nitrogens with zero attached hydrogens (tertiary/aromatic N) is 1. The summed E-state index contributed by atoms with van der Waals surface area (Å²) in [6.45, 7) is 11.7. The van der Waals surface area contributed by atoms with Crippen molar-refractivity contribution < 1.29 is 29.3 Å². The number of aliphatic hydroxyl groups is 2. The van der Waals surface area contributed by atoms with E-state index in [9.17, 15) is 15.0 Å². The Kier molecular flexibility index (Phi) is 38.7. The molecule has 0 spiro atoms. The normalized spacial score (nSPS) is 11.5. The lowest BCUT2D eigenvalue weighted by molar-refractivity contribution is -0.929. The third-order valence-corrected chi connectivity index (χ3v) is 8.78. The van der Waals surface area contributed by atoms with Crippen LogP contribution in [0.25, 0.3) is 0 Å². The van der Waals surface area contributed by atoms with Gasteiger partial charge in [0.25, 0.3) is 0 Å². The van der Waals surface area contributed by atoms with Crippen LogP contribution in [0.2, 0.25) is 0 Å². The number of carbonyl (C=O) groups excluding carboxylic acids is 1. The summed E-state index contributed by atoms with van der Waals surface area (Å²) >= 11 is 0. The molecule has 0 heterocycles. The Balaban J connectivity index is 0. The summed E-state index contributed by atoms with van der Waals surface area (Å²) in [6, 6.07) is 0. The van der Waals surface area contributed by atoms with E-state index in [1.54, 1.807) is 0 Å². The van der Waals surface area contributed by atoms with Crippen molar-refractivity contribution in [3.05, 3.63) is 0 Å². The number of carbonyl (C=O) groups is 1. The van der Waals surface area contributed by atoms with Gasteiger partial charge in [-0.2, -0.15) is 0 Å². The molecule has 260 valence electrons. The van der Waals surface area contributed by atoms with Crippen molar-refractivity contribution in [1.82, 2.24) is 0 Å². The van der Waals surface area contributed by atoms with Crippen LogP contribution in [0.15, 0.2) is 0 Å². The van der Waals surface area contributed by atoms with E-state index in [0.717, 1.165) is 17.6 Å². The van der Waals surface area contributed by atoms with Gasteiger partial charge in [0.15, 0.2) is 0 Å². The quantitative estimate of drug-likeness (QED) is 0.0561. The first-order chi connectivity index (χ1) is 21.0. The Bertz CT molecular complexity index is 503. The number of rotatable bonds is 34. The summed E-state index contributed by atoms with van der Waals surface area (Å²) in [5.41, 5.74) is 0. The highest BCUT2D eigenvalue weighted by Gasteiger charge is 2.25. The fourth-order valence-corrected chi connectivity index (χ4v) is 5.88. The molecule has 0 aliphatic heterocycles. The highest BCUT2D eigenvalue weighted by Crippen LogP contribution is 2.17. The van der Waals surface area contributed by atoms with Gasteiger partial charge < -0.3 is 29.3 Å². The third-order valence-electron chi connectivity index (χ3n) is 8.78. The van der Waals surface area contributed by atoms with E-state index in [2.05, 4.69) is 13.8 Å². The topological polar surface area (TPSA) is 89.8 Å². The van der Waals surface area contributed by atoms with Gasteiger partial charge in [-0.1, -0.05) is 149 Å². The number of aliphatic carboxylic acids is 1. The minimum atomic E-state index is -0.995. The lowest BCUT2D eigenvalue weighted by Crippen LogP contribution is -2.53. The second kappa shape index (κ2) is 37.5. The number of carboxylic acids is 1. The number of aliphatic hydroxyl groups excluding tert-OH is 2. The molecule has 0 saturated carbocycles. The largest absolute Gasteiger partial charge is 0.550 e. The first-order valence-corrected chi connectivity index (χ1v) is 18.9. The van der Waals surface area contributed by atoms with Crippen LogP contribution in [-0.4, -0.2) is 73.3 Å². The van der Waals surface area contributed by atoms with Crippen LogP contribution in [0, 0.1) is 0 Å². The zero-order valence-electron chi connectivity index (χ0n) is 29.4. The molecule has 0 aliphatic carbocycles. The van der Waals surface area contributed by atoms with Gasteiger partial charge in [0.1, 0.15) is 13.1 Å². The molecule has 0 bridgehead atoms. The summed E-state index contributed by atoms with van der Waals surface area (Å²) in [4.78, 5) is 9.26. The number of hydrogen-bond donors (Lipinski definition) is 2. The van der Waals surface area contributed by atoms with Crippen molar-refractivity contribution in [1.29, 1.82) is 0 Å². The SMILES string of the molecule is CCC(=O)[O-].CCCCCCCCCCCCCC[N+](CCO)(CCCCCCCCCCCCCC)CCOCCO. The van der Waals surface area contributed by atoms with Crippen molar-refractivity contribution in [3.8, 4) is 0 Å². The molecule has 2 N–H and O–H groups in total. The van der Waals surface area contributed by atoms with Crippen molar-refractivity contribution in [2.75, 3.05) is 52.6 Å². The number of ether oxygens (including phenoxy) is 1. The lowest BCUT2D eigenvalue weighted by Gasteiger charge is -2.38. The van der Waals surface area contributed by atoms with Crippen molar-refractivity contribution in [2.24, 2.45) is 0 Å². The average Bonchev–Trinajstić information content (AvgIpc) is 3.00. The molecule has 6 heteroatoms. The molecule has 0 radical (unpaired) electrons. The summed E-state index contributed by atoms with van der Waals surface area (Å²) in [7, 11) is 0. The molecule has 0 atom stereocenters. The third kappa shape index (κ3) is 35.7. The lowest BCUT2D eigenvalue weighted by atomic mass is 10.0. The molecular formula is C37H77NO5. The molecule has 0 aromatic heterocycles. The van der Waals surface area contributed by atoms with Crippen molar-refractivity contribution >= 4 is 5.97 Å². The number of quaternary nitrogens is 1. The van der Waals surface area contributed by atoms with Crippen LogP contribution in [0.4, 0.5) is 0 Å². The minimum Gasteiger partial charge on any atom is -0.550 e. The molecule has 0 amide bonds. The summed E-state index contributed by atoms with van der Waals surface area (Å²) in [6.07, 6.45) is 33.3. The molecule has 0 saturated heterocycles. The van der Waals surface area contributed by atoms with E-state index in [4.69, 9.17) is 9.84 Å². The number of carboxylic acid groups (broad SMARTS) is 1. The summed E-state index contributed by atoms with van der Waals surface area (Å²) in [5.74, 6) is -0.995. The molecule has 0 aliphatic rings. The fraction of sp³-hybridized carbons (Fsp3) is 0.973. The van der Waals surface area contributed by atoms with Crippen LogP contribution in [0.3, 0.4) is 0 Å². The van der Waals surface area contributed by atoms with E-state index >= 15 is 0 Å². The highest BCUT2D eigenvalue weighted by molar-refractivity contribution is 5.63. The Hall–Kier alpha value is -0.690. The van der Waals surface area contributed by atoms with E-state index in [1.165, 1.54) is 174 Å². The second-order valence-electron chi connectivity index (χ2n) is 12.8. The molecule has 0 rings (SSSR count). The number of hydrogen-bond acceptors (Lipinski definition) is 5. The van der Waals surface area contributed by atoms with Crippen LogP contribution in [-0.2, 0) is 9.53 Å². The fourth-order valence-electron chi connectivity index (χ4n) is 5.88. The molecule has 6 nitrogen and oxygen atoms in total. The Morgan fingerprint density at radius 1 is 0.488 bits per heavy atom. The zero-order chi connectivity index (χ0) is 32.1. The molecule has 0 aromatic rings. The maximum absolute atomic E-state index is 9.89. The van der Waals surface area contributed by atoms with Crippen LogP contribution in [0.1, 0.15) is 181 Å². The first kappa shape index (κ1) is 44.4. The highest BCUT2D eigenvalue weighted by atomic mass is 16.5. The van der Waals surface area contributed by atoms with Crippen LogP contribution in [0.5, 0.6) is 0 Å². The zero-order valence-corrected chi connectivity index (χ0v) is 29.4. The van der Waals surface area contributed by atoms with Gasteiger partial charge >= 0.3 is 0 Å². The monoisotopic (exact) mass is 616 g/mol. The maximum Gasteiger partial charge on any atom is 0.102 e. The Morgan fingerprint density at radius 3 is 1.09 bits per heavy atom. The molecular weight excluding hydrogens is 538 g/mol. The van der Waals surface area contributed by atoms with E-state index in [0.29, 0.717) is 13.2 Å². The standard InChI is InChI=1S/C34H72NO3.C3H6O2/c1-3-5-7-9-11-13-15-17-19-21-23-25-27-35(29-31-36,30-33-38-34-32-37)28-26-24-22-20-18-16-14-12-10-8-6-4-2;1-2-3(4)5/h36-37H,3-34H2,1-2H3;2H2,1H3,(H,4,5)/q+1;/p-1. The van der Waals surface area contributed by atoms with E-state index < -0.39 is 5.97 Å². The number of unbranched alkanes of at least 4 members (excludes halogenated alkanes) is 22. The van der Waals surface area contributed by atoms with E-state index in [1.807, 2.05) is 0 Å². The molecule has 0 fully saturated rings. The van der Waals surface area contributed by atoms with Gasteiger partial charge in [-0.15, -0.1) is 0 Å². The van der Waals surface area contributed by atoms with Crippen LogP contribution < -0.4 is 5.11 Å². The van der Waals surface area contributed by atoms with Crippen LogP contribution >= 0.6 is 0 Å². The first-order valence-electron chi connectivity index (χ1n) is 18.9. The van der Waals surface area contributed by atoms with Crippen molar-refractivity contribution in [2.45, 2.75) is 181 Å². The molecule has 0 unspecified atom stereocenters. The Labute approximate surface area is 269 Å². The predicted octanol–water partition coefficient (Wildman–Crippen LogP) is 8.35. The molecule has 0 aromatic carbocycles. The van der Waals surface area contributed by atoms with Gasteiger partial charge in [0, 0.05) is 5.97 Å². The smallest absolute Gasteiger partial charge is 0.102 e. The average molecular weight is 616 g/mol. The maximum atomic E-state index is 9.89. The van der Waals surface area contributed by atoms with Gasteiger partial charge in [-0.05, 0) is 32.1 Å². The minimum absolute atomic E-state index is 0.0947. The second-order valence-corrected chi connectivity index (χ2v) is 12.8. The predicted molar refractivity (Wildman–Crippen MR) is 182 cm³/mol.